The Balaban J connectivity index is 1.85. The fraction of sp³-hybridized carbons (Fsp3) is 0.208. The maximum absolute atomic E-state index is 11.0. The van der Waals surface area contributed by atoms with Gasteiger partial charge in [-0.25, -0.2) is 0 Å². The van der Waals surface area contributed by atoms with Gasteiger partial charge in [-0.2, -0.15) is 0 Å². The summed E-state index contributed by atoms with van der Waals surface area (Å²) in [4.78, 5) is 12.5. The lowest BCUT2D eigenvalue weighted by molar-refractivity contribution is -0.138. The van der Waals surface area contributed by atoms with E-state index >= 15 is 0 Å². The van der Waals surface area contributed by atoms with Crippen molar-refractivity contribution in [2.75, 3.05) is 26.7 Å². The number of benzene rings is 3. The number of nitrogens with zero attached hydrogens (tertiary/aromatic N) is 1. The Morgan fingerprint density at radius 1 is 0.966 bits per heavy atom. The molecule has 5 heteroatoms. The quantitative estimate of drug-likeness (QED) is 0.580. The zero-order chi connectivity index (χ0) is 20.6. The predicted octanol–water partition coefficient (Wildman–Crippen LogP) is 3.83. The van der Waals surface area contributed by atoms with Gasteiger partial charge in [0, 0.05) is 12.1 Å². The lowest BCUT2D eigenvalue weighted by atomic mass is 9.96. The second-order valence-electron chi connectivity index (χ2n) is 6.91. The Hall–Kier alpha value is -3.15. The number of carboxylic acids is 1. The van der Waals surface area contributed by atoms with Crippen LogP contribution in [0.15, 0.2) is 78.9 Å². The van der Waals surface area contributed by atoms with E-state index in [2.05, 4.69) is 0 Å². The minimum Gasteiger partial charge on any atom is -0.492 e. The van der Waals surface area contributed by atoms with Crippen LogP contribution >= 0.6 is 0 Å². The summed E-state index contributed by atoms with van der Waals surface area (Å²) in [6.07, 6.45) is -0.827. The zero-order valence-electron chi connectivity index (χ0n) is 16.4. The van der Waals surface area contributed by atoms with E-state index in [4.69, 9.17) is 9.84 Å². The number of ether oxygens (including phenoxy) is 1. The molecule has 0 fully saturated rings. The summed E-state index contributed by atoms with van der Waals surface area (Å²) in [6, 6.07) is 25.2. The Labute approximate surface area is 170 Å². The second-order valence-corrected chi connectivity index (χ2v) is 6.91. The molecule has 150 valence electrons. The highest BCUT2D eigenvalue weighted by atomic mass is 16.5. The van der Waals surface area contributed by atoms with Gasteiger partial charge >= 0.3 is 5.97 Å². The number of aliphatic carboxylic acids is 1. The number of carbonyl (C=O) groups is 1. The number of aliphatic hydroxyl groups excluding tert-OH is 1. The molecule has 0 bridgehead atoms. The van der Waals surface area contributed by atoms with E-state index in [1.54, 1.807) is 11.9 Å². The first-order valence-corrected chi connectivity index (χ1v) is 9.50. The smallest absolute Gasteiger partial charge is 0.317 e. The lowest BCUT2D eigenvalue weighted by Gasteiger charge is -2.20. The van der Waals surface area contributed by atoms with Gasteiger partial charge in [-0.1, -0.05) is 66.7 Å². The van der Waals surface area contributed by atoms with Crippen molar-refractivity contribution >= 4 is 5.97 Å². The molecule has 0 saturated heterocycles. The zero-order valence-corrected chi connectivity index (χ0v) is 16.4. The molecule has 5 nitrogen and oxygen atoms in total. The van der Waals surface area contributed by atoms with Gasteiger partial charge in [-0.3, -0.25) is 9.69 Å². The molecular weight excluding hydrogens is 366 g/mol. The molecule has 0 heterocycles. The summed E-state index contributed by atoms with van der Waals surface area (Å²) in [6.45, 7) is 0.742. The molecule has 0 aliphatic heterocycles. The van der Waals surface area contributed by atoms with Crippen molar-refractivity contribution < 1.29 is 19.7 Å². The maximum Gasteiger partial charge on any atom is 0.317 e. The fourth-order valence-electron chi connectivity index (χ4n) is 3.14. The van der Waals surface area contributed by atoms with Crippen molar-refractivity contribution in [2.45, 2.75) is 6.10 Å². The van der Waals surface area contributed by atoms with Gasteiger partial charge in [-0.05, 0) is 35.9 Å². The number of likely N-dealkylation sites (N-methyl/N-ethyl adjacent to an activating group) is 1. The molecule has 0 aromatic heterocycles. The molecule has 0 radical (unpaired) electrons. The summed E-state index contributed by atoms with van der Waals surface area (Å²) < 4.78 is 5.93. The molecule has 1 unspecified atom stereocenters. The highest BCUT2D eigenvalue weighted by Crippen LogP contribution is 2.34. The predicted molar refractivity (Wildman–Crippen MR) is 113 cm³/mol. The van der Waals surface area contributed by atoms with Gasteiger partial charge in [0.25, 0.3) is 0 Å². The van der Waals surface area contributed by atoms with Gasteiger partial charge in [0.1, 0.15) is 18.5 Å². The summed E-state index contributed by atoms with van der Waals surface area (Å²) in [5.74, 6) is -0.287. The van der Waals surface area contributed by atoms with E-state index in [1.165, 1.54) is 0 Å². The van der Waals surface area contributed by atoms with E-state index in [-0.39, 0.29) is 6.54 Å². The van der Waals surface area contributed by atoms with Crippen LogP contribution in [0.25, 0.3) is 11.1 Å². The van der Waals surface area contributed by atoms with Crippen LogP contribution < -0.4 is 4.74 Å². The van der Waals surface area contributed by atoms with Crippen molar-refractivity contribution in [3.05, 3.63) is 90.0 Å². The molecule has 0 amide bonds. The molecule has 0 spiro atoms. The summed E-state index contributed by atoms with van der Waals surface area (Å²) >= 11 is 0. The monoisotopic (exact) mass is 391 g/mol. The summed E-state index contributed by atoms with van der Waals surface area (Å²) in [5, 5.41) is 19.9. The third-order valence-electron chi connectivity index (χ3n) is 4.66. The molecule has 1 atom stereocenters. The highest BCUT2D eigenvalue weighted by Gasteiger charge is 2.17. The molecule has 2 N–H and O–H groups in total. The maximum atomic E-state index is 11.0. The van der Waals surface area contributed by atoms with Crippen LogP contribution in [0.1, 0.15) is 17.2 Å². The van der Waals surface area contributed by atoms with Crippen molar-refractivity contribution in [3.63, 3.8) is 0 Å². The number of carboxylic acid groups (broad SMARTS) is 1. The third-order valence-corrected chi connectivity index (χ3v) is 4.66. The van der Waals surface area contributed by atoms with Crippen LogP contribution in [0.5, 0.6) is 5.75 Å². The minimum absolute atomic E-state index is 0.0458. The average Bonchev–Trinajstić information content (AvgIpc) is 2.74. The van der Waals surface area contributed by atoms with Gasteiger partial charge in [0.15, 0.2) is 0 Å². The van der Waals surface area contributed by atoms with Crippen LogP contribution in [0.4, 0.5) is 0 Å². The second kappa shape index (κ2) is 9.87. The molecule has 0 saturated carbocycles. The summed E-state index contributed by atoms with van der Waals surface area (Å²) in [5.41, 5.74) is 3.51. The summed E-state index contributed by atoms with van der Waals surface area (Å²) in [7, 11) is 1.73. The number of hydrogen-bond donors (Lipinski definition) is 2. The van der Waals surface area contributed by atoms with E-state index in [9.17, 15) is 9.90 Å². The van der Waals surface area contributed by atoms with Gasteiger partial charge in [-0.15, -0.1) is 0 Å². The van der Waals surface area contributed by atoms with E-state index in [1.807, 2.05) is 78.9 Å². The standard InChI is InChI=1S/C24H25NO4/c1-25(17-23(26)27)14-15-29-22-13-12-20(18-8-4-2-5-9-18)16-21(22)24(28)19-10-6-3-7-11-19/h2-13,16,24,28H,14-15,17H2,1H3,(H,26,27). The van der Waals surface area contributed by atoms with Gasteiger partial charge < -0.3 is 14.9 Å². The van der Waals surface area contributed by atoms with E-state index < -0.39 is 12.1 Å². The fourth-order valence-corrected chi connectivity index (χ4v) is 3.14. The number of aliphatic hydroxyl groups is 1. The SMILES string of the molecule is CN(CCOc1ccc(-c2ccccc2)cc1C(O)c1ccccc1)CC(=O)O. The average molecular weight is 391 g/mol. The van der Waals surface area contributed by atoms with Crippen LogP contribution in [0, 0.1) is 0 Å². The minimum atomic E-state index is -0.875. The molecular formula is C24H25NO4. The first-order chi connectivity index (χ1) is 14.0. The van der Waals surface area contributed by atoms with Crippen LogP contribution in [0.3, 0.4) is 0 Å². The highest BCUT2D eigenvalue weighted by molar-refractivity contribution is 5.69. The normalized spacial score (nSPS) is 12.0. The first kappa shape index (κ1) is 20.6. The van der Waals surface area contributed by atoms with Crippen molar-refractivity contribution in [1.82, 2.24) is 4.90 Å². The van der Waals surface area contributed by atoms with E-state index in [0.29, 0.717) is 24.5 Å². The largest absolute Gasteiger partial charge is 0.492 e. The first-order valence-electron chi connectivity index (χ1n) is 9.50. The molecule has 0 aliphatic carbocycles. The van der Waals surface area contributed by atoms with Gasteiger partial charge in [0.2, 0.25) is 0 Å². The van der Waals surface area contributed by atoms with Crippen LogP contribution in [0.2, 0.25) is 0 Å². The Kier molecular flexibility index (Phi) is 7.00. The molecule has 3 rings (SSSR count). The van der Waals surface area contributed by atoms with Crippen molar-refractivity contribution in [2.24, 2.45) is 0 Å². The molecule has 3 aromatic carbocycles. The lowest BCUT2D eigenvalue weighted by Crippen LogP contribution is -2.29. The van der Waals surface area contributed by atoms with Gasteiger partial charge in [0.05, 0.1) is 6.54 Å². The molecule has 29 heavy (non-hydrogen) atoms. The number of hydrogen-bond acceptors (Lipinski definition) is 4. The van der Waals surface area contributed by atoms with Crippen molar-refractivity contribution in [1.29, 1.82) is 0 Å². The molecule has 3 aromatic rings. The van der Waals surface area contributed by atoms with Crippen LogP contribution in [-0.4, -0.2) is 47.8 Å². The van der Waals surface area contributed by atoms with Crippen LogP contribution in [-0.2, 0) is 4.79 Å². The third kappa shape index (κ3) is 5.67. The molecule has 0 aliphatic rings. The number of rotatable bonds is 9. The Bertz CT molecular complexity index is 928. The van der Waals surface area contributed by atoms with E-state index in [0.717, 1.165) is 16.7 Å². The Morgan fingerprint density at radius 3 is 2.28 bits per heavy atom. The van der Waals surface area contributed by atoms with Crippen molar-refractivity contribution in [3.8, 4) is 16.9 Å². The Morgan fingerprint density at radius 2 is 1.62 bits per heavy atom. The topological polar surface area (TPSA) is 70.0 Å².